The quantitative estimate of drug-likeness (QED) is 0.558. The standard InChI is InChI=1S/C22H23F2N5O3/c1-28(22(30)14-4-5-16(23)17(24)10-14)8-6-19-25-21(32-27-19)20-15-12-31-9-7-18(15)29(26-20)11-13-2-3-13/h4-5,10,13H,2-3,6-9,11-12H2,1H3. The Bertz CT molecular complexity index is 1150. The first kappa shape index (κ1) is 20.7. The molecule has 0 radical (unpaired) electrons. The third kappa shape index (κ3) is 4.14. The van der Waals surface area contributed by atoms with Crippen molar-refractivity contribution < 1.29 is 22.8 Å². The topological polar surface area (TPSA) is 86.3 Å². The molecule has 5 rings (SSSR count). The molecule has 3 aromatic rings. The molecule has 1 aromatic carbocycles. The minimum absolute atomic E-state index is 0.0769. The molecule has 2 aliphatic rings. The van der Waals surface area contributed by atoms with E-state index in [-0.39, 0.29) is 12.1 Å². The molecule has 168 valence electrons. The van der Waals surface area contributed by atoms with Gasteiger partial charge in [-0.15, -0.1) is 0 Å². The number of halogens is 2. The molecule has 1 amide bonds. The van der Waals surface area contributed by atoms with Crippen LogP contribution in [-0.2, 0) is 30.7 Å². The number of amides is 1. The number of benzene rings is 1. The maximum absolute atomic E-state index is 13.4. The van der Waals surface area contributed by atoms with Crippen molar-refractivity contribution in [1.82, 2.24) is 24.8 Å². The Kier molecular flexibility index (Phi) is 5.46. The molecule has 0 atom stereocenters. The maximum atomic E-state index is 13.4. The van der Waals surface area contributed by atoms with E-state index in [1.807, 2.05) is 0 Å². The first-order chi connectivity index (χ1) is 15.5. The summed E-state index contributed by atoms with van der Waals surface area (Å²) in [7, 11) is 1.58. The van der Waals surface area contributed by atoms with Crippen molar-refractivity contribution in [3.05, 3.63) is 52.5 Å². The summed E-state index contributed by atoms with van der Waals surface area (Å²) >= 11 is 0. The van der Waals surface area contributed by atoms with Crippen molar-refractivity contribution in [1.29, 1.82) is 0 Å². The molecule has 0 bridgehead atoms. The average molecular weight is 443 g/mol. The van der Waals surface area contributed by atoms with Crippen LogP contribution in [0, 0.1) is 17.6 Å². The van der Waals surface area contributed by atoms with Crippen LogP contribution in [0.15, 0.2) is 22.7 Å². The summed E-state index contributed by atoms with van der Waals surface area (Å²) in [6.07, 6.45) is 3.63. The highest BCUT2D eigenvalue weighted by atomic mass is 19.2. The van der Waals surface area contributed by atoms with Crippen LogP contribution in [0.25, 0.3) is 11.6 Å². The molecule has 0 spiro atoms. The minimum atomic E-state index is -1.06. The van der Waals surface area contributed by atoms with Gasteiger partial charge in [-0.3, -0.25) is 9.48 Å². The lowest BCUT2D eigenvalue weighted by molar-refractivity contribution is 0.0795. The van der Waals surface area contributed by atoms with Crippen LogP contribution in [0.1, 0.15) is 40.3 Å². The van der Waals surface area contributed by atoms with Gasteiger partial charge in [0, 0.05) is 49.8 Å². The van der Waals surface area contributed by atoms with E-state index in [4.69, 9.17) is 14.4 Å². The van der Waals surface area contributed by atoms with Crippen molar-refractivity contribution in [2.75, 3.05) is 20.2 Å². The first-order valence-electron chi connectivity index (χ1n) is 10.7. The van der Waals surface area contributed by atoms with Crippen LogP contribution in [0.5, 0.6) is 0 Å². The van der Waals surface area contributed by atoms with Crippen LogP contribution < -0.4 is 0 Å². The van der Waals surface area contributed by atoms with Gasteiger partial charge in [0.2, 0.25) is 0 Å². The Morgan fingerprint density at radius 3 is 2.91 bits per heavy atom. The molecule has 10 heteroatoms. The van der Waals surface area contributed by atoms with Gasteiger partial charge < -0.3 is 14.2 Å². The molecule has 3 heterocycles. The van der Waals surface area contributed by atoms with E-state index in [2.05, 4.69) is 14.8 Å². The fourth-order valence-electron chi connectivity index (χ4n) is 3.85. The van der Waals surface area contributed by atoms with Gasteiger partial charge in [-0.1, -0.05) is 5.16 Å². The number of carbonyl (C=O) groups excluding carboxylic acids is 1. The van der Waals surface area contributed by atoms with Gasteiger partial charge in [0.25, 0.3) is 11.8 Å². The molecule has 0 unspecified atom stereocenters. The summed E-state index contributed by atoms with van der Waals surface area (Å²) < 4.78 is 39.7. The Morgan fingerprint density at radius 1 is 1.28 bits per heavy atom. The zero-order chi connectivity index (χ0) is 22.2. The SMILES string of the molecule is CN(CCc1noc(-c2nn(CC3CC3)c3c2COCC3)n1)C(=O)c1ccc(F)c(F)c1. The Hall–Kier alpha value is -3.14. The van der Waals surface area contributed by atoms with Crippen LogP contribution in [0.3, 0.4) is 0 Å². The first-order valence-corrected chi connectivity index (χ1v) is 10.7. The Labute approximate surface area is 183 Å². The molecule has 1 fully saturated rings. The van der Waals surface area contributed by atoms with Gasteiger partial charge in [-0.2, -0.15) is 10.1 Å². The molecular weight excluding hydrogens is 420 g/mol. The van der Waals surface area contributed by atoms with Crippen LogP contribution in [-0.4, -0.2) is 50.9 Å². The number of nitrogens with zero attached hydrogens (tertiary/aromatic N) is 5. The van der Waals surface area contributed by atoms with Gasteiger partial charge in [0.05, 0.1) is 13.2 Å². The number of ether oxygens (including phenoxy) is 1. The molecule has 8 nitrogen and oxygen atoms in total. The van der Waals surface area contributed by atoms with Gasteiger partial charge >= 0.3 is 0 Å². The predicted octanol–water partition coefficient (Wildman–Crippen LogP) is 3.01. The number of carbonyl (C=O) groups is 1. The van der Waals surface area contributed by atoms with E-state index in [0.29, 0.717) is 43.0 Å². The van der Waals surface area contributed by atoms with Gasteiger partial charge in [-0.05, 0) is 37.0 Å². The number of rotatable bonds is 7. The normalized spacial score (nSPS) is 15.6. The van der Waals surface area contributed by atoms with E-state index in [1.54, 1.807) is 7.05 Å². The second-order valence-corrected chi connectivity index (χ2v) is 8.32. The van der Waals surface area contributed by atoms with Crippen molar-refractivity contribution >= 4 is 5.91 Å². The lowest BCUT2D eigenvalue weighted by atomic mass is 10.1. The smallest absolute Gasteiger partial charge is 0.278 e. The highest BCUT2D eigenvalue weighted by Crippen LogP contribution is 2.34. The summed E-state index contributed by atoms with van der Waals surface area (Å²) in [5.74, 6) is -0.998. The Morgan fingerprint density at radius 2 is 2.12 bits per heavy atom. The van der Waals surface area contributed by atoms with E-state index >= 15 is 0 Å². The summed E-state index contributed by atoms with van der Waals surface area (Å²) in [4.78, 5) is 18.3. The van der Waals surface area contributed by atoms with Crippen molar-refractivity contribution in [3.8, 4) is 11.6 Å². The van der Waals surface area contributed by atoms with E-state index in [0.717, 1.165) is 30.7 Å². The third-order valence-corrected chi connectivity index (χ3v) is 5.88. The number of fused-ring (bicyclic) bond motifs is 1. The fourth-order valence-corrected chi connectivity index (χ4v) is 3.85. The average Bonchev–Trinajstić information content (AvgIpc) is 3.37. The van der Waals surface area contributed by atoms with Crippen molar-refractivity contribution in [2.24, 2.45) is 5.92 Å². The van der Waals surface area contributed by atoms with E-state index in [1.165, 1.54) is 29.5 Å². The van der Waals surface area contributed by atoms with Crippen molar-refractivity contribution in [3.63, 3.8) is 0 Å². The molecule has 1 aliphatic heterocycles. The predicted molar refractivity (Wildman–Crippen MR) is 109 cm³/mol. The number of likely N-dealkylation sites (N-methyl/N-ethyl adjacent to an activating group) is 1. The largest absolute Gasteiger partial charge is 0.376 e. The monoisotopic (exact) mass is 443 g/mol. The molecule has 32 heavy (non-hydrogen) atoms. The minimum Gasteiger partial charge on any atom is -0.376 e. The molecular formula is C22H23F2N5O3. The maximum Gasteiger partial charge on any atom is 0.278 e. The van der Waals surface area contributed by atoms with Crippen LogP contribution >= 0.6 is 0 Å². The number of hydrogen-bond acceptors (Lipinski definition) is 6. The molecule has 2 aromatic heterocycles. The lowest BCUT2D eigenvalue weighted by Gasteiger charge is -2.16. The molecule has 0 N–H and O–H groups in total. The highest BCUT2D eigenvalue weighted by Gasteiger charge is 2.29. The summed E-state index contributed by atoms with van der Waals surface area (Å²) in [5, 5.41) is 8.77. The van der Waals surface area contributed by atoms with E-state index < -0.39 is 17.5 Å². The molecule has 1 saturated carbocycles. The molecule has 0 saturated heterocycles. The molecule has 1 aliphatic carbocycles. The summed E-state index contributed by atoms with van der Waals surface area (Å²) in [5.41, 5.74) is 2.91. The zero-order valence-electron chi connectivity index (χ0n) is 17.7. The summed E-state index contributed by atoms with van der Waals surface area (Å²) in [6.45, 7) is 2.34. The third-order valence-electron chi connectivity index (χ3n) is 5.88. The van der Waals surface area contributed by atoms with Gasteiger partial charge in [0.15, 0.2) is 23.2 Å². The van der Waals surface area contributed by atoms with Crippen LogP contribution in [0.2, 0.25) is 0 Å². The van der Waals surface area contributed by atoms with Crippen LogP contribution in [0.4, 0.5) is 8.78 Å². The highest BCUT2D eigenvalue weighted by molar-refractivity contribution is 5.94. The zero-order valence-corrected chi connectivity index (χ0v) is 17.7. The van der Waals surface area contributed by atoms with Crippen molar-refractivity contribution in [2.45, 2.75) is 38.8 Å². The van der Waals surface area contributed by atoms with Gasteiger partial charge in [-0.25, -0.2) is 8.78 Å². The lowest BCUT2D eigenvalue weighted by Crippen LogP contribution is -2.29. The van der Waals surface area contributed by atoms with Gasteiger partial charge in [0.1, 0.15) is 0 Å². The second-order valence-electron chi connectivity index (χ2n) is 8.32. The summed E-state index contributed by atoms with van der Waals surface area (Å²) in [6, 6.07) is 3.09. The number of aromatic nitrogens is 4. The number of hydrogen-bond donors (Lipinski definition) is 0. The Balaban J connectivity index is 1.27. The second kappa shape index (κ2) is 8.42. The fraction of sp³-hybridized carbons (Fsp3) is 0.455. The van der Waals surface area contributed by atoms with E-state index in [9.17, 15) is 13.6 Å².